The summed E-state index contributed by atoms with van der Waals surface area (Å²) in [7, 11) is 0. The first-order valence-corrected chi connectivity index (χ1v) is 6.32. The molecule has 0 aromatic carbocycles. The largest absolute Gasteiger partial charge is 0.390 e. The predicted octanol–water partition coefficient (Wildman–Crippen LogP) is 3.75. The lowest BCUT2D eigenvalue weighted by molar-refractivity contribution is -0.0702. The molecule has 1 aliphatic rings. The van der Waals surface area contributed by atoms with Crippen LogP contribution < -0.4 is 0 Å². The third-order valence-electron chi connectivity index (χ3n) is 4.18. The monoisotopic (exact) mass is 198 g/mol. The van der Waals surface area contributed by atoms with Crippen molar-refractivity contribution in [1.82, 2.24) is 0 Å². The van der Waals surface area contributed by atoms with Crippen molar-refractivity contribution in [3.63, 3.8) is 0 Å². The van der Waals surface area contributed by atoms with Crippen LogP contribution in [0.3, 0.4) is 0 Å². The Balaban J connectivity index is 2.44. The Morgan fingerprint density at radius 3 is 2.64 bits per heavy atom. The van der Waals surface area contributed by atoms with Gasteiger partial charge in [-0.25, -0.2) is 0 Å². The summed E-state index contributed by atoms with van der Waals surface area (Å²) >= 11 is 0. The summed E-state index contributed by atoms with van der Waals surface area (Å²) in [6.45, 7) is 6.74. The van der Waals surface area contributed by atoms with Gasteiger partial charge in [-0.2, -0.15) is 0 Å². The zero-order chi connectivity index (χ0) is 10.6. The van der Waals surface area contributed by atoms with Crippen LogP contribution in [-0.2, 0) is 0 Å². The second-order valence-electron chi connectivity index (χ2n) is 5.22. The number of hydrogen-bond acceptors (Lipinski definition) is 1. The lowest BCUT2D eigenvalue weighted by Crippen LogP contribution is -2.42. The Kier molecular flexibility index (Phi) is 4.43. The van der Waals surface area contributed by atoms with Crippen molar-refractivity contribution in [1.29, 1.82) is 0 Å². The van der Waals surface area contributed by atoms with Gasteiger partial charge in [0.1, 0.15) is 0 Å². The zero-order valence-electron chi connectivity index (χ0n) is 10.1. The van der Waals surface area contributed by atoms with Crippen LogP contribution in [-0.4, -0.2) is 10.7 Å². The van der Waals surface area contributed by atoms with Crippen LogP contribution >= 0.6 is 0 Å². The SMILES string of the molecule is CCCCCC1(O)CCCC(C)C1C. The van der Waals surface area contributed by atoms with Crippen molar-refractivity contribution >= 4 is 0 Å². The molecule has 0 saturated heterocycles. The predicted molar refractivity (Wildman–Crippen MR) is 61.3 cm³/mol. The Bertz CT molecular complexity index is 167. The summed E-state index contributed by atoms with van der Waals surface area (Å²) in [4.78, 5) is 0. The molecule has 0 radical (unpaired) electrons. The molecular weight excluding hydrogens is 172 g/mol. The maximum atomic E-state index is 10.5. The molecule has 0 aromatic rings. The third kappa shape index (κ3) is 2.73. The summed E-state index contributed by atoms with van der Waals surface area (Å²) in [5, 5.41) is 10.5. The molecule has 1 N–H and O–H groups in total. The maximum Gasteiger partial charge on any atom is 0.0675 e. The van der Waals surface area contributed by atoms with Crippen LogP contribution in [0.2, 0.25) is 0 Å². The molecule has 1 nitrogen and oxygen atoms in total. The zero-order valence-corrected chi connectivity index (χ0v) is 10.1. The van der Waals surface area contributed by atoms with Crippen molar-refractivity contribution in [3.8, 4) is 0 Å². The average molecular weight is 198 g/mol. The first-order valence-electron chi connectivity index (χ1n) is 6.32. The molecule has 3 atom stereocenters. The van der Waals surface area contributed by atoms with Crippen molar-refractivity contribution in [2.24, 2.45) is 11.8 Å². The van der Waals surface area contributed by atoms with Gasteiger partial charge in [-0.3, -0.25) is 0 Å². The lowest BCUT2D eigenvalue weighted by atomic mass is 9.68. The number of hydrogen-bond donors (Lipinski definition) is 1. The van der Waals surface area contributed by atoms with Gasteiger partial charge in [0.15, 0.2) is 0 Å². The second-order valence-corrected chi connectivity index (χ2v) is 5.22. The molecule has 0 aromatic heterocycles. The lowest BCUT2D eigenvalue weighted by Gasteiger charge is -2.42. The smallest absolute Gasteiger partial charge is 0.0675 e. The van der Waals surface area contributed by atoms with Crippen LogP contribution in [0.15, 0.2) is 0 Å². The molecule has 1 aliphatic carbocycles. The summed E-state index contributed by atoms with van der Waals surface area (Å²) in [6.07, 6.45) is 8.29. The van der Waals surface area contributed by atoms with E-state index in [1.54, 1.807) is 0 Å². The highest BCUT2D eigenvalue weighted by atomic mass is 16.3. The summed E-state index contributed by atoms with van der Waals surface area (Å²) in [5.74, 6) is 1.20. The van der Waals surface area contributed by atoms with E-state index in [4.69, 9.17) is 0 Å². The van der Waals surface area contributed by atoms with E-state index in [1.807, 2.05) is 0 Å². The number of aliphatic hydroxyl groups is 1. The molecule has 1 heteroatoms. The fourth-order valence-corrected chi connectivity index (χ4v) is 2.77. The molecule has 14 heavy (non-hydrogen) atoms. The minimum atomic E-state index is -0.340. The van der Waals surface area contributed by atoms with Crippen LogP contribution in [0.1, 0.15) is 65.7 Å². The van der Waals surface area contributed by atoms with E-state index in [1.165, 1.54) is 32.1 Å². The van der Waals surface area contributed by atoms with Crippen molar-refractivity contribution in [2.75, 3.05) is 0 Å². The molecule has 0 spiro atoms. The number of unbranched alkanes of at least 4 members (excludes halogenated alkanes) is 2. The maximum absolute atomic E-state index is 10.5. The molecule has 0 aliphatic heterocycles. The van der Waals surface area contributed by atoms with E-state index in [-0.39, 0.29) is 5.60 Å². The summed E-state index contributed by atoms with van der Waals surface area (Å²) in [5.41, 5.74) is -0.340. The van der Waals surface area contributed by atoms with Crippen LogP contribution in [0.4, 0.5) is 0 Å². The highest BCUT2D eigenvalue weighted by Gasteiger charge is 2.38. The fraction of sp³-hybridized carbons (Fsp3) is 1.00. The molecule has 0 amide bonds. The molecule has 1 fully saturated rings. The standard InChI is InChI=1S/C13H26O/c1-4-5-6-9-13(14)10-7-8-11(2)12(13)3/h11-12,14H,4-10H2,1-3H3. The van der Waals surface area contributed by atoms with Gasteiger partial charge >= 0.3 is 0 Å². The van der Waals surface area contributed by atoms with Gasteiger partial charge in [-0.15, -0.1) is 0 Å². The molecule has 0 bridgehead atoms. The van der Waals surface area contributed by atoms with Gasteiger partial charge in [0.2, 0.25) is 0 Å². The minimum Gasteiger partial charge on any atom is -0.390 e. The van der Waals surface area contributed by atoms with E-state index in [0.717, 1.165) is 12.8 Å². The highest BCUT2D eigenvalue weighted by Crippen LogP contribution is 2.40. The molecule has 3 unspecified atom stereocenters. The fourth-order valence-electron chi connectivity index (χ4n) is 2.77. The van der Waals surface area contributed by atoms with Crippen LogP contribution in [0, 0.1) is 11.8 Å². The third-order valence-corrected chi connectivity index (χ3v) is 4.18. The average Bonchev–Trinajstić information content (AvgIpc) is 2.15. The minimum absolute atomic E-state index is 0.340. The van der Waals surface area contributed by atoms with Gasteiger partial charge in [-0.1, -0.05) is 52.9 Å². The van der Waals surface area contributed by atoms with Gasteiger partial charge in [0.25, 0.3) is 0 Å². The summed E-state index contributed by atoms with van der Waals surface area (Å²) in [6, 6.07) is 0. The van der Waals surface area contributed by atoms with Crippen molar-refractivity contribution < 1.29 is 5.11 Å². The van der Waals surface area contributed by atoms with E-state index >= 15 is 0 Å². The quantitative estimate of drug-likeness (QED) is 0.682. The molecule has 1 saturated carbocycles. The first kappa shape index (κ1) is 12.0. The van der Waals surface area contributed by atoms with E-state index in [0.29, 0.717) is 11.8 Å². The Morgan fingerprint density at radius 1 is 1.29 bits per heavy atom. The van der Waals surface area contributed by atoms with Gasteiger partial charge < -0.3 is 5.11 Å². The van der Waals surface area contributed by atoms with Gasteiger partial charge in [0, 0.05) is 0 Å². The van der Waals surface area contributed by atoms with Crippen LogP contribution in [0.25, 0.3) is 0 Å². The molecule has 1 rings (SSSR count). The van der Waals surface area contributed by atoms with Crippen LogP contribution in [0.5, 0.6) is 0 Å². The topological polar surface area (TPSA) is 20.2 Å². The van der Waals surface area contributed by atoms with Crippen molar-refractivity contribution in [3.05, 3.63) is 0 Å². The highest BCUT2D eigenvalue weighted by molar-refractivity contribution is 4.90. The Morgan fingerprint density at radius 2 is 2.00 bits per heavy atom. The Hall–Kier alpha value is -0.0400. The first-order chi connectivity index (χ1) is 6.60. The summed E-state index contributed by atoms with van der Waals surface area (Å²) < 4.78 is 0. The Labute approximate surface area is 88.9 Å². The number of rotatable bonds is 4. The van der Waals surface area contributed by atoms with Gasteiger partial charge in [0.05, 0.1) is 5.60 Å². The second kappa shape index (κ2) is 5.16. The van der Waals surface area contributed by atoms with E-state index in [2.05, 4.69) is 20.8 Å². The van der Waals surface area contributed by atoms with Crippen molar-refractivity contribution in [2.45, 2.75) is 71.3 Å². The molecule has 0 heterocycles. The molecular formula is C13H26O. The normalized spacial score (nSPS) is 38.6. The molecule has 84 valence electrons. The van der Waals surface area contributed by atoms with Gasteiger partial charge in [-0.05, 0) is 24.7 Å². The van der Waals surface area contributed by atoms with E-state index < -0.39 is 0 Å². The van der Waals surface area contributed by atoms with E-state index in [9.17, 15) is 5.11 Å².